The summed E-state index contributed by atoms with van der Waals surface area (Å²) in [5, 5.41) is 0. The number of ether oxygens (including phenoxy) is 3. The van der Waals surface area contributed by atoms with Crippen molar-refractivity contribution >= 4 is 11.8 Å². The maximum Gasteiger partial charge on any atom is 0.317 e. The highest BCUT2D eigenvalue weighted by atomic mass is 16.7. The van der Waals surface area contributed by atoms with Crippen molar-refractivity contribution in [3.63, 3.8) is 0 Å². The monoisotopic (exact) mass is 352 g/mol. The normalized spacial score (nSPS) is 17.1. The van der Waals surface area contributed by atoms with E-state index in [4.69, 9.17) is 14.2 Å². The summed E-state index contributed by atoms with van der Waals surface area (Å²) in [4.78, 5) is 25.3. The van der Waals surface area contributed by atoms with Crippen molar-refractivity contribution in [2.75, 3.05) is 13.4 Å². The zero-order chi connectivity index (χ0) is 18.0. The number of rotatable bonds is 5. The second-order valence-electron chi connectivity index (χ2n) is 6.72. The minimum Gasteiger partial charge on any atom is -0.457 e. The maximum atomic E-state index is 12.9. The summed E-state index contributed by atoms with van der Waals surface area (Å²) in [5.74, 6) is 0.597. The quantitative estimate of drug-likeness (QED) is 0.607. The van der Waals surface area contributed by atoms with Crippen LogP contribution in [0.4, 0.5) is 0 Å². The van der Waals surface area contributed by atoms with Crippen LogP contribution in [0.5, 0.6) is 11.5 Å². The number of carbonyl (C=O) groups excluding carboxylic acids is 2. The van der Waals surface area contributed by atoms with Gasteiger partial charge in [0, 0.05) is 5.56 Å². The second kappa shape index (κ2) is 6.83. The maximum absolute atomic E-state index is 12.9. The Balaban J connectivity index is 1.46. The van der Waals surface area contributed by atoms with Gasteiger partial charge in [-0.3, -0.25) is 9.59 Å². The Bertz CT molecular complexity index is 822. The van der Waals surface area contributed by atoms with E-state index in [0.717, 1.165) is 31.2 Å². The van der Waals surface area contributed by atoms with Gasteiger partial charge in [-0.25, -0.2) is 0 Å². The molecule has 1 fully saturated rings. The SMILES string of the molecule is O=C(COC(=O)C1(c2ccccc2)CCCC1)c1ccc2c(c1)OCO2. The van der Waals surface area contributed by atoms with Crippen LogP contribution in [-0.4, -0.2) is 25.2 Å². The number of Topliss-reactive ketones (excluding diaryl/α,β-unsaturated/α-hetero) is 1. The molecule has 1 aliphatic heterocycles. The first-order valence-electron chi connectivity index (χ1n) is 8.85. The predicted octanol–water partition coefficient (Wildman–Crippen LogP) is 3.65. The molecule has 4 rings (SSSR count). The van der Waals surface area contributed by atoms with Crippen molar-refractivity contribution in [1.82, 2.24) is 0 Å². The molecule has 0 bridgehead atoms. The smallest absolute Gasteiger partial charge is 0.317 e. The van der Waals surface area contributed by atoms with Gasteiger partial charge >= 0.3 is 5.97 Å². The number of fused-ring (bicyclic) bond motifs is 1. The number of ketones is 1. The molecule has 0 saturated heterocycles. The van der Waals surface area contributed by atoms with E-state index in [9.17, 15) is 9.59 Å². The Morgan fingerprint density at radius 2 is 1.69 bits per heavy atom. The second-order valence-corrected chi connectivity index (χ2v) is 6.72. The minimum absolute atomic E-state index is 0.154. The molecule has 5 heteroatoms. The number of esters is 1. The van der Waals surface area contributed by atoms with E-state index in [-0.39, 0.29) is 25.2 Å². The van der Waals surface area contributed by atoms with Crippen molar-refractivity contribution in [1.29, 1.82) is 0 Å². The molecule has 0 aromatic heterocycles. The summed E-state index contributed by atoms with van der Waals surface area (Å²) in [6.45, 7) is -0.116. The molecule has 0 unspecified atom stereocenters. The molecule has 2 aliphatic rings. The van der Waals surface area contributed by atoms with E-state index in [0.29, 0.717) is 17.1 Å². The van der Waals surface area contributed by atoms with E-state index in [1.807, 2.05) is 30.3 Å². The van der Waals surface area contributed by atoms with Gasteiger partial charge in [0.25, 0.3) is 0 Å². The molecule has 0 atom stereocenters. The Morgan fingerprint density at radius 1 is 0.962 bits per heavy atom. The summed E-state index contributed by atoms with van der Waals surface area (Å²) in [6.07, 6.45) is 3.49. The molecule has 26 heavy (non-hydrogen) atoms. The van der Waals surface area contributed by atoms with E-state index < -0.39 is 5.41 Å². The van der Waals surface area contributed by atoms with E-state index in [1.54, 1.807) is 18.2 Å². The fourth-order valence-corrected chi connectivity index (χ4v) is 3.77. The van der Waals surface area contributed by atoms with Crippen LogP contribution >= 0.6 is 0 Å². The fraction of sp³-hybridized carbons (Fsp3) is 0.333. The van der Waals surface area contributed by atoms with Gasteiger partial charge in [-0.15, -0.1) is 0 Å². The zero-order valence-electron chi connectivity index (χ0n) is 14.4. The summed E-state index contributed by atoms with van der Waals surface area (Å²) in [7, 11) is 0. The molecular weight excluding hydrogens is 332 g/mol. The van der Waals surface area contributed by atoms with Crippen molar-refractivity contribution in [3.8, 4) is 11.5 Å². The van der Waals surface area contributed by atoms with Crippen LogP contribution in [0.3, 0.4) is 0 Å². The highest BCUT2D eigenvalue weighted by Gasteiger charge is 2.44. The van der Waals surface area contributed by atoms with Gasteiger partial charge in [0.1, 0.15) is 0 Å². The Morgan fingerprint density at radius 3 is 2.46 bits per heavy atom. The molecule has 134 valence electrons. The average molecular weight is 352 g/mol. The summed E-state index contributed by atoms with van der Waals surface area (Å²) in [6, 6.07) is 14.7. The summed E-state index contributed by atoms with van der Waals surface area (Å²) < 4.78 is 16.0. The van der Waals surface area contributed by atoms with Crippen molar-refractivity contribution in [3.05, 3.63) is 59.7 Å². The van der Waals surface area contributed by atoms with Gasteiger partial charge < -0.3 is 14.2 Å². The van der Waals surface area contributed by atoms with Gasteiger partial charge in [0.05, 0.1) is 5.41 Å². The van der Waals surface area contributed by atoms with Gasteiger partial charge in [0.2, 0.25) is 6.79 Å². The van der Waals surface area contributed by atoms with Gasteiger partial charge in [-0.05, 0) is 36.6 Å². The molecule has 5 nitrogen and oxygen atoms in total. The third-order valence-electron chi connectivity index (χ3n) is 5.20. The van der Waals surface area contributed by atoms with E-state index >= 15 is 0 Å². The first kappa shape index (κ1) is 16.6. The number of hydrogen-bond acceptors (Lipinski definition) is 5. The molecule has 2 aromatic carbocycles. The Hall–Kier alpha value is -2.82. The molecule has 0 amide bonds. The van der Waals surface area contributed by atoms with Crippen molar-refractivity contribution < 1.29 is 23.8 Å². The molecule has 1 saturated carbocycles. The fourth-order valence-electron chi connectivity index (χ4n) is 3.77. The molecule has 1 aliphatic carbocycles. The molecule has 2 aromatic rings. The third-order valence-corrected chi connectivity index (χ3v) is 5.20. The lowest BCUT2D eigenvalue weighted by Crippen LogP contribution is -2.35. The molecule has 0 spiro atoms. The Labute approximate surface area is 151 Å². The predicted molar refractivity (Wildman–Crippen MR) is 94.4 cm³/mol. The zero-order valence-corrected chi connectivity index (χ0v) is 14.4. The van der Waals surface area contributed by atoms with Crippen molar-refractivity contribution in [2.24, 2.45) is 0 Å². The molecule has 1 heterocycles. The first-order valence-corrected chi connectivity index (χ1v) is 8.85. The Kier molecular flexibility index (Phi) is 4.37. The molecule has 0 N–H and O–H groups in total. The van der Waals surface area contributed by atoms with Gasteiger partial charge in [0.15, 0.2) is 23.9 Å². The lowest BCUT2D eigenvalue weighted by Gasteiger charge is -2.27. The summed E-state index contributed by atoms with van der Waals surface area (Å²) in [5.41, 5.74) is 0.788. The van der Waals surface area contributed by atoms with Crippen LogP contribution in [0.25, 0.3) is 0 Å². The highest BCUT2D eigenvalue weighted by Crippen LogP contribution is 2.42. The van der Waals surface area contributed by atoms with Gasteiger partial charge in [-0.1, -0.05) is 43.2 Å². The standard InChI is InChI=1S/C21H20O5/c22-17(15-8-9-18-19(12-15)26-14-25-18)13-24-20(23)21(10-4-5-11-21)16-6-2-1-3-7-16/h1-3,6-9,12H,4-5,10-11,13-14H2. The largest absolute Gasteiger partial charge is 0.457 e. The van der Waals surface area contributed by atoms with Crippen molar-refractivity contribution in [2.45, 2.75) is 31.1 Å². The van der Waals surface area contributed by atoms with Crippen LogP contribution in [0, 0.1) is 0 Å². The molecular formula is C21H20O5. The number of carbonyl (C=O) groups is 2. The topological polar surface area (TPSA) is 61.8 Å². The number of benzene rings is 2. The average Bonchev–Trinajstić information content (AvgIpc) is 3.36. The molecule has 0 radical (unpaired) electrons. The van der Waals surface area contributed by atoms with Crippen LogP contribution in [0.15, 0.2) is 48.5 Å². The van der Waals surface area contributed by atoms with Crippen LogP contribution < -0.4 is 9.47 Å². The number of hydrogen-bond donors (Lipinski definition) is 0. The first-order chi connectivity index (χ1) is 12.7. The lowest BCUT2D eigenvalue weighted by atomic mass is 9.79. The highest BCUT2D eigenvalue weighted by molar-refractivity contribution is 5.99. The van der Waals surface area contributed by atoms with E-state index in [2.05, 4.69) is 0 Å². The minimum atomic E-state index is -0.629. The van der Waals surface area contributed by atoms with Crippen LogP contribution in [-0.2, 0) is 14.9 Å². The van der Waals surface area contributed by atoms with Gasteiger partial charge in [-0.2, -0.15) is 0 Å². The van der Waals surface area contributed by atoms with E-state index in [1.165, 1.54) is 0 Å². The lowest BCUT2D eigenvalue weighted by molar-refractivity contribution is -0.149. The van der Waals surface area contributed by atoms with Crippen LogP contribution in [0.1, 0.15) is 41.6 Å². The third kappa shape index (κ3) is 2.94. The van der Waals surface area contributed by atoms with Crippen LogP contribution in [0.2, 0.25) is 0 Å². The summed E-state index contributed by atoms with van der Waals surface area (Å²) >= 11 is 0.